The van der Waals surface area contributed by atoms with Crippen molar-refractivity contribution in [2.75, 3.05) is 11.5 Å². The van der Waals surface area contributed by atoms with E-state index in [0.29, 0.717) is 18.4 Å². The molecule has 1 unspecified atom stereocenters. The van der Waals surface area contributed by atoms with Gasteiger partial charge >= 0.3 is 0 Å². The number of nitrogens with two attached hydrogens (primary N) is 1. The van der Waals surface area contributed by atoms with Crippen LogP contribution in [0.2, 0.25) is 0 Å². The summed E-state index contributed by atoms with van der Waals surface area (Å²) in [4.78, 5) is 12.4. The van der Waals surface area contributed by atoms with Gasteiger partial charge in [-0.3, -0.25) is 4.79 Å². The SMILES string of the molecule is CC(N)(C(=O)NC1CCS(=O)(=O)CC1)c1ccc(Br)cc1. The summed E-state index contributed by atoms with van der Waals surface area (Å²) in [6, 6.07) is 7.14. The third-order valence-corrected chi connectivity index (χ3v) is 6.05. The first kappa shape index (κ1) is 16.5. The minimum atomic E-state index is -2.93. The van der Waals surface area contributed by atoms with Crippen LogP contribution in [0.3, 0.4) is 0 Å². The summed E-state index contributed by atoms with van der Waals surface area (Å²) in [6.45, 7) is 1.66. The van der Waals surface area contributed by atoms with E-state index in [1.54, 1.807) is 19.1 Å². The summed E-state index contributed by atoms with van der Waals surface area (Å²) >= 11 is 3.34. The number of nitrogens with one attached hydrogen (secondary N) is 1. The quantitative estimate of drug-likeness (QED) is 0.834. The van der Waals surface area contributed by atoms with Gasteiger partial charge in [0.05, 0.1) is 11.5 Å². The lowest BCUT2D eigenvalue weighted by molar-refractivity contribution is -0.126. The molecule has 21 heavy (non-hydrogen) atoms. The van der Waals surface area contributed by atoms with Crippen molar-refractivity contribution in [3.05, 3.63) is 34.3 Å². The van der Waals surface area contributed by atoms with Gasteiger partial charge in [-0.1, -0.05) is 28.1 Å². The van der Waals surface area contributed by atoms with Gasteiger partial charge < -0.3 is 11.1 Å². The van der Waals surface area contributed by atoms with Gasteiger partial charge in [0.2, 0.25) is 5.91 Å². The van der Waals surface area contributed by atoms with Crippen molar-refractivity contribution >= 4 is 31.7 Å². The molecule has 0 radical (unpaired) electrons. The number of amides is 1. The second-order valence-electron chi connectivity index (χ2n) is 5.61. The van der Waals surface area contributed by atoms with Crippen molar-refractivity contribution in [1.82, 2.24) is 5.32 Å². The number of benzene rings is 1. The number of sulfone groups is 1. The van der Waals surface area contributed by atoms with Crippen LogP contribution in [0, 0.1) is 0 Å². The van der Waals surface area contributed by atoms with Crippen LogP contribution in [-0.4, -0.2) is 31.9 Å². The molecule has 0 aliphatic carbocycles. The molecule has 7 heteroatoms. The van der Waals surface area contributed by atoms with Crippen LogP contribution >= 0.6 is 15.9 Å². The minimum absolute atomic E-state index is 0.123. The first-order valence-electron chi connectivity index (χ1n) is 6.77. The van der Waals surface area contributed by atoms with Gasteiger partial charge in [0.1, 0.15) is 15.4 Å². The Hall–Kier alpha value is -0.920. The van der Waals surface area contributed by atoms with E-state index >= 15 is 0 Å². The molecule has 0 bridgehead atoms. The molecule has 1 aliphatic rings. The highest BCUT2D eigenvalue weighted by molar-refractivity contribution is 9.10. The lowest BCUT2D eigenvalue weighted by Crippen LogP contribution is -2.53. The number of carbonyl (C=O) groups is 1. The lowest BCUT2D eigenvalue weighted by atomic mass is 9.91. The van der Waals surface area contributed by atoms with Crippen LogP contribution in [0.4, 0.5) is 0 Å². The van der Waals surface area contributed by atoms with Crippen molar-refractivity contribution < 1.29 is 13.2 Å². The average molecular weight is 375 g/mol. The predicted octanol–water partition coefficient (Wildman–Crippen LogP) is 1.32. The zero-order valence-corrected chi connectivity index (χ0v) is 14.2. The highest BCUT2D eigenvalue weighted by Crippen LogP contribution is 2.22. The molecule has 0 aromatic heterocycles. The maximum Gasteiger partial charge on any atom is 0.244 e. The second kappa shape index (κ2) is 6.06. The average Bonchev–Trinajstić information content (AvgIpc) is 2.41. The van der Waals surface area contributed by atoms with Crippen molar-refractivity contribution in [3.8, 4) is 0 Å². The van der Waals surface area contributed by atoms with Crippen molar-refractivity contribution in [1.29, 1.82) is 0 Å². The molecule has 0 saturated carbocycles. The van der Waals surface area contributed by atoms with E-state index in [-0.39, 0.29) is 23.5 Å². The van der Waals surface area contributed by atoms with Crippen LogP contribution < -0.4 is 11.1 Å². The molecule has 5 nitrogen and oxygen atoms in total. The number of halogens is 1. The zero-order chi connectivity index (χ0) is 15.7. The summed E-state index contributed by atoms with van der Waals surface area (Å²) in [5.41, 5.74) is 5.73. The third-order valence-electron chi connectivity index (χ3n) is 3.81. The molecular weight excluding hydrogens is 356 g/mol. The standard InChI is InChI=1S/C14H19BrN2O3S/c1-14(16,10-2-4-11(15)5-3-10)13(18)17-12-6-8-21(19,20)9-7-12/h2-5,12H,6-9,16H2,1H3,(H,17,18). The van der Waals surface area contributed by atoms with Gasteiger partial charge in [0.25, 0.3) is 0 Å². The predicted molar refractivity (Wildman–Crippen MR) is 85.5 cm³/mol. The number of hydrogen-bond donors (Lipinski definition) is 2. The molecule has 1 aromatic rings. The van der Waals surface area contributed by atoms with Gasteiger partial charge in [-0.2, -0.15) is 0 Å². The summed E-state index contributed by atoms with van der Waals surface area (Å²) in [7, 11) is -2.93. The maximum atomic E-state index is 12.4. The van der Waals surface area contributed by atoms with Gasteiger partial charge in [0.15, 0.2) is 0 Å². The summed E-state index contributed by atoms with van der Waals surface area (Å²) in [6.07, 6.45) is 0.898. The van der Waals surface area contributed by atoms with E-state index < -0.39 is 15.4 Å². The summed E-state index contributed by atoms with van der Waals surface area (Å²) in [5, 5.41) is 2.87. The molecule has 1 amide bonds. The number of rotatable bonds is 3. The molecular formula is C14H19BrN2O3S. The minimum Gasteiger partial charge on any atom is -0.351 e. The Morgan fingerprint density at radius 2 is 1.81 bits per heavy atom. The fourth-order valence-electron chi connectivity index (χ4n) is 2.30. The van der Waals surface area contributed by atoms with Crippen LogP contribution in [0.1, 0.15) is 25.3 Å². The molecule has 1 aliphatic heterocycles. The van der Waals surface area contributed by atoms with Crippen LogP contribution in [0.25, 0.3) is 0 Å². The third kappa shape index (κ3) is 4.05. The molecule has 3 N–H and O–H groups in total. The summed E-state index contributed by atoms with van der Waals surface area (Å²) < 4.78 is 23.7. The fraction of sp³-hybridized carbons (Fsp3) is 0.500. The zero-order valence-electron chi connectivity index (χ0n) is 11.8. The molecule has 1 saturated heterocycles. The molecule has 1 fully saturated rings. The molecule has 1 atom stereocenters. The molecule has 116 valence electrons. The molecule has 1 heterocycles. The first-order valence-corrected chi connectivity index (χ1v) is 9.38. The van der Waals surface area contributed by atoms with Gasteiger partial charge in [-0.25, -0.2) is 8.42 Å². The monoisotopic (exact) mass is 374 g/mol. The highest BCUT2D eigenvalue weighted by Gasteiger charge is 2.33. The normalized spacial score (nSPS) is 21.5. The Morgan fingerprint density at radius 3 is 2.33 bits per heavy atom. The van der Waals surface area contributed by atoms with Gasteiger partial charge in [-0.15, -0.1) is 0 Å². The largest absolute Gasteiger partial charge is 0.351 e. The topological polar surface area (TPSA) is 89.3 Å². The molecule has 0 spiro atoms. The van der Waals surface area contributed by atoms with Crippen LogP contribution in [-0.2, 0) is 20.2 Å². The fourth-order valence-corrected chi connectivity index (χ4v) is 4.05. The Labute approximate surface area is 133 Å². The van der Waals surface area contributed by atoms with E-state index in [1.165, 1.54) is 0 Å². The van der Waals surface area contributed by atoms with Crippen molar-refractivity contribution in [2.45, 2.75) is 31.3 Å². The second-order valence-corrected chi connectivity index (χ2v) is 8.83. The van der Waals surface area contributed by atoms with Crippen molar-refractivity contribution in [2.24, 2.45) is 5.73 Å². The van der Waals surface area contributed by atoms with E-state index in [2.05, 4.69) is 21.2 Å². The van der Waals surface area contributed by atoms with E-state index in [1.807, 2.05) is 12.1 Å². The van der Waals surface area contributed by atoms with Gasteiger partial charge in [-0.05, 0) is 37.5 Å². The molecule has 2 rings (SSSR count). The Morgan fingerprint density at radius 1 is 1.29 bits per heavy atom. The summed E-state index contributed by atoms with van der Waals surface area (Å²) in [5.74, 6) is -0.0382. The first-order chi connectivity index (χ1) is 9.71. The van der Waals surface area contributed by atoms with Crippen LogP contribution in [0.15, 0.2) is 28.7 Å². The molecule has 1 aromatic carbocycles. The number of carbonyl (C=O) groups excluding carboxylic acids is 1. The van der Waals surface area contributed by atoms with Crippen molar-refractivity contribution in [3.63, 3.8) is 0 Å². The van der Waals surface area contributed by atoms with E-state index in [9.17, 15) is 13.2 Å². The lowest BCUT2D eigenvalue weighted by Gasteiger charge is -2.29. The Balaban J connectivity index is 2.04. The van der Waals surface area contributed by atoms with E-state index in [0.717, 1.165) is 4.47 Å². The Kier molecular flexibility index (Phi) is 4.75. The van der Waals surface area contributed by atoms with Gasteiger partial charge in [0, 0.05) is 10.5 Å². The smallest absolute Gasteiger partial charge is 0.244 e. The van der Waals surface area contributed by atoms with Crippen LogP contribution in [0.5, 0.6) is 0 Å². The number of hydrogen-bond acceptors (Lipinski definition) is 4. The highest BCUT2D eigenvalue weighted by atomic mass is 79.9. The van der Waals surface area contributed by atoms with E-state index in [4.69, 9.17) is 5.73 Å². The Bertz CT molecular complexity index is 612. The maximum absolute atomic E-state index is 12.4.